The van der Waals surface area contributed by atoms with Gasteiger partial charge in [-0.25, -0.2) is 0 Å². The SMILES string of the molecule is COC(=O)C1[C@@H]2CCCC[C@@H]12. The van der Waals surface area contributed by atoms with Crippen LogP contribution in [0.2, 0.25) is 0 Å². The average molecular weight is 154 g/mol. The molecule has 0 amide bonds. The topological polar surface area (TPSA) is 26.3 Å². The lowest BCUT2D eigenvalue weighted by molar-refractivity contribution is -0.142. The number of carbonyl (C=O) groups excluding carboxylic acids is 1. The molecule has 2 rings (SSSR count). The summed E-state index contributed by atoms with van der Waals surface area (Å²) in [5.74, 6) is 1.69. The number of fused-ring (bicyclic) bond motifs is 1. The molecule has 0 aromatic carbocycles. The second-order valence-corrected chi connectivity index (χ2v) is 3.66. The number of carbonyl (C=O) groups is 1. The van der Waals surface area contributed by atoms with Gasteiger partial charge in [-0.15, -0.1) is 0 Å². The van der Waals surface area contributed by atoms with Crippen LogP contribution in [0.4, 0.5) is 0 Å². The van der Waals surface area contributed by atoms with Crippen molar-refractivity contribution in [1.82, 2.24) is 0 Å². The smallest absolute Gasteiger partial charge is 0.309 e. The van der Waals surface area contributed by atoms with E-state index in [9.17, 15) is 4.79 Å². The molecule has 2 saturated carbocycles. The lowest BCUT2D eigenvalue weighted by atomic mass is 10.0. The molecule has 0 aromatic heterocycles. The van der Waals surface area contributed by atoms with Crippen molar-refractivity contribution in [3.05, 3.63) is 0 Å². The molecule has 0 spiro atoms. The third kappa shape index (κ3) is 1.05. The zero-order chi connectivity index (χ0) is 7.84. The average Bonchev–Trinajstić information content (AvgIpc) is 2.77. The van der Waals surface area contributed by atoms with E-state index in [0.717, 1.165) is 0 Å². The number of rotatable bonds is 1. The fraction of sp³-hybridized carbons (Fsp3) is 0.889. The van der Waals surface area contributed by atoms with Crippen molar-refractivity contribution in [1.29, 1.82) is 0 Å². The van der Waals surface area contributed by atoms with E-state index < -0.39 is 0 Å². The molecule has 2 nitrogen and oxygen atoms in total. The van der Waals surface area contributed by atoms with Gasteiger partial charge < -0.3 is 4.74 Å². The highest BCUT2D eigenvalue weighted by Gasteiger charge is 2.55. The van der Waals surface area contributed by atoms with Crippen LogP contribution < -0.4 is 0 Å². The first-order valence-electron chi connectivity index (χ1n) is 4.42. The van der Waals surface area contributed by atoms with Gasteiger partial charge >= 0.3 is 5.97 Å². The van der Waals surface area contributed by atoms with Gasteiger partial charge in [0.25, 0.3) is 0 Å². The maximum absolute atomic E-state index is 11.1. The molecule has 0 bridgehead atoms. The summed E-state index contributed by atoms with van der Waals surface area (Å²) in [5, 5.41) is 0. The fourth-order valence-electron chi connectivity index (χ4n) is 2.48. The number of hydrogen-bond donors (Lipinski definition) is 0. The molecule has 2 atom stereocenters. The molecule has 0 heterocycles. The molecule has 62 valence electrons. The molecule has 0 unspecified atom stereocenters. The van der Waals surface area contributed by atoms with Crippen LogP contribution in [0.25, 0.3) is 0 Å². The minimum absolute atomic E-state index is 0.0295. The molecular weight excluding hydrogens is 140 g/mol. The Morgan fingerprint density at radius 3 is 2.27 bits per heavy atom. The van der Waals surface area contributed by atoms with Gasteiger partial charge in [-0.05, 0) is 24.7 Å². The molecule has 2 fully saturated rings. The van der Waals surface area contributed by atoms with Crippen LogP contribution in [0, 0.1) is 17.8 Å². The van der Waals surface area contributed by atoms with Crippen molar-refractivity contribution in [2.75, 3.05) is 7.11 Å². The van der Waals surface area contributed by atoms with E-state index in [2.05, 4.69) is 0 Å². The lowest BCUT2D eigenvalue weighted by Crippen LogP contribution is -2.04. The summed E-state index contributed by atoms with van der Waals surface area (Å²) in [7, 11) is 1.49. The van der Waals surface area contributed by atoms with Crippen LogP contribution >= 0.6 is 0 Å². The Morgan fingerprint density at radius 1 is 1.27 bits per heavy atom. The van der Waals surface area contributed by atoms with Crippen LogP contribution in [-0.2, 0) is 9.53 Å². The predicted molar refractivity (Wildman–Crippen MR) is 41.0 cm³/mol. The molecule has 0 aromatic rings. The molecule has 2 heteroatoms. The molecule has 2 aliphatic rings. The first-order chi connectivity index (χ1) is 5.34. The summed E-state index contributed by atoms with van der Waals surface area (Å²) in [6.45, 7) is 0. The van der Waals surface area contributed by atoms with Crippen molar-refractivity contribution in [3.63, 3.8) is 0 Å². The summed E-state index contributed by atoms with van der Waals surface area (Å²) in [5.41, 5.74) is 0. The van der Waals surface area contributed by atoms with E-state index in [0.29, 0.717) is 11.8 Å². The van der Waals surface area contributed by atoms with Crippen LogP contribution in [0.5, 0.6) is 0 Å². The first-order valence-corrected chi connectivity index (χ1v) is 4.42. The summed E-state index contributed by atoms with van der Waals surface area (Å²) in [6.07, 6.45) is 5.14. The van der Waals surface area contributed by atoms with Gasteiger partial charge in [0.05, 0.1) is 13.0 Å². The zero-order valence-corrected chi connectivity index (χ0v) is 6.88. The van der Waals surface area contributed by atoms with Gasteiger partial charge in [0, 0.05) is 0 Å². The number of esters is 1. The van der Waals surface area contributed by atoms with E-state index in [-0.39, 0.29) is 11.9 Å². The number of hydrogen-bond acceptors (Lipinski definition) is 2. The maximum Gasteiger partial charge on any atom is 0.309 e. The second-order valence-electron chi connectivity index (χ2n) is 3.66. The van der Waals surface area contributed by atoms with Crippen LogP contribution in [0.15, 0.2) is 0 Å². The number of ether oxygens (including phenoxy) is 1. The van der Waals surface area contributed by atoms with E-state index in [1.807, 2.05) is 0 Å². The fourth-order valence-corrected chi connectivity index (χ4v) is 2.48. The third-order valence-electron chi connectivity index (χ3n) is 3.13. The predicted octanol–water partition coefficient (Wildman–Crippen LogP) is 1.60. The Balaban J connectivity index is 1.94. The molecule has 2 aliphatic carbocycles. The van der Waals surface area contributed by atoms with Gasteiger partial charge in [0.15, 0.2) is 0 Å². The van der Waals surface area contributed by atoms with Gasteiger partial charge in [0.1, 0.15) is 0 Å². The highest BCUT2D eigenvalue weighted by atomic mass is 16.5. The van der Waals surface area contributed by atoms with Crippen LogP contribution in [0.3, 0.4) is 0 Å². The second kappa shape index (κ2) is 2.50. The van der Waals surface area contributed by atoms with Crippen molar-refractivity contribution in [3.8, 4) is 0 Å². The summed E-state index contributed by atoms with van der Waals surface area (Å²) >= 11 is 0. The first kappa shape index (κ1) is 7.14. The molecular formula is C9H14O2. The Kier molecular flexibility index (Phi) is 1.63. The highest BCUT2D eigenvalue weighted by molar-refractivity contribution is 5.76. The Labute approximate surface area is 66.9 Å². The van der Waals surface area contributed by atoms with Gasteiger partial charge in [0.2, 0.25) is 0 Å². The number of methoxy groups -OCH3 is 1. The highest BCUT2D eigenvalue weighted by Crippen LogP contribution is 2.55. The van der Waals surface area contributed by atoms with Gasteiger partial charge in [-0.2, -0.15) is 0 Å². The summed E-state index contributed by atoms with van der Waals surface area (Å²) < 4.78 is 4.73. The largest absolute Gasteiger partial charge is 0.469 e. The van der Waals surface area contributed by atoms with Crippen LogP contribution in [-0.4, -0.2) is 13.1 Å². The van der Waals surface area contributed by atoms with E-state index in [1.165, 1.54) is 32.8 Å². The Morgan fingerprint density at radius 2 is 1.82 bits per heavy atom. The molecule has 0 N–H and O–H groups in total. The molecule has 0 saturated heterocycles. The van der Waals surface area contributed by atoms with Crippen molar-refractivity contribution in [2.24, 2.45) is 17.8 Å². The van der Waals surface area contributed by atoms with Gasteiger partial charge in [-0.3, -0.25) is 4.79 Å². The molecule has 0 aliphatic heterocycles. The minimum Gasteiger partial charge on any atom is -0.469 e. The van der Waals surface area contributed by atoms with Crippen molar-refractivity contribution in [2.45, 2.75) is 25.7 Å². The normalized spacial score (nSPS) is 41.0. The molecule has 11 heavy (non-hydrogen) atoms. The quantitative estimate of drug-likeness (QED) is 0.536. The summed E-state index contributed by atoms with van der Waals surface area (Å²) in [6, 6.07) is 0. The third-order valence-corrected chi connectivity index (χ3v) is 3.13. The van der Waals surface area contributed by atoms with Gasteiger partial charge in [-0.1, -0.05) is 12.8 Å². The Hall–Kier alpha value is -0.530. The summed E-state index contributed by atoms with van der Waals surface area (Å²) in [4.78, 5) is 11.1. The van der Waals surface area contributed by atoms with E-state index >= 15 is 0 Å². The van der Waals surface area contributed by atoms with Crippen molar-refractivity contribution < 1.29 is 9.53 Å². The maximum atomic E-state index is 11.1. The van der Waals surface area contributed by atoms with E-state index in [4.69, 9.17) is 4.74 Å². The monoisotopic (exact) mass is 154 g/mol. The van der Waals surface area contributed by atoms with Crippen LogP contribution in [0.1, 0.15) is 25.7 Å². The lowest BCUT2D eigenvalue weighted by Gasteiger charge is -2.04. The zero-order valence-electron chi connectivity index (χ0n) is 6.88. The van der Waals surface area contributed by atoms with Crippen molar-refractivity contribution >= 4 is 5.97 Å². The minimum atomic E-state index is 0.0295. The van der Waals surface area contributed by atoms with E-state index in [1.54, 1.807) is 0 Å². The Bertz CT molecular complexity index is 164. The standard InChI is InChI=1S/C9H14O2/c1-11-9(10)8-6-4-2-3-5-7(6)8/h6-8H,2-5H2,1H3/t6-,7-/m1/s1. The molecule has 0 radical (unpaired) electrons.